The van der Waals surface area contributed by atoms with Crippen molar-refractivity contribution in [1.29, 1.82) is 0 Å². The summed E-state index contributed by atoms with van der Waals surface area (Å²) in [5, 5.41) is 3.37. The van der Waals surface area contributed by atoms with Gasteiger partial charge in [-0.15, -0.1) is 0 Å². The number of nitrogen functional groups attached to an aromatic ring is 1. The maximum Gasteiger partial charge on any atom is 0.0551 e. The Morgan fingerprint density at radius 3 is 2.69 bits per heavy atom. The molecule has 0 spiro atoms. The summed E-state index contributed by atoms with van der Waals surface area (Å²) < 4.78 is 0. The van der Waals surface area contributed by atoms with E-state index in [0.717, 1.165) is 12.1 Å². The first kappa shape index (κ1) is 9.84. The van der Waals surface area contributed by atoms with Crippen LogP contribution in [0.2, 0.25) is 0 Å². The van der Waals surface area contributed by atoms with Crippen molar-refractivity contribution in [2.24, 2.45) is 0 Å². The number of hydrogen-bond acceptors (Lipinski definition) is 3. The molecule has 0 saturated heterocycles. The van der Waals surface area contributed by atoms with E-state index in [1.54, 1.807) is 12.4 Å². The smallest absolute Gasteiger partial charge is 0.0551 e. The summed E-state index contributed by atoms with van der Waals surface area (Å²) in [6.07, 6.45) is 4.49. The minimum absolute atomic E-state index is 0.0927. The molecule has 0 amide bonds. The Bertz CT molecular complexity index is 281. The third-order valence-corrected chi connectivity index (χ3v) is 2.13. The number of nitrogens with one attached hydrogen (secondary N) is 1. The monoisotopic (exact) mass is 179 g/mol. The molecule has 0 aliphatic rings. The van der Waals surface area contributed by atoms with Gasteiger partial charge in [-0.1, -0.05) is 6.92 Å². The molecule has 1 aromatic rings. The van der Waals surface area contributed by atoms with Crippen LogP contribution in [0.5, 0.6) is 0 Å². The van der Waals surface area contributed by atoms with Crippen LogP contribution in [-0.4, -0.2) is 10.5 Å². The van der Waals surface area contributed by atoms with Gasteiger partial charge in [-0.05, 0) is 26.3 Å². The minimum Gasteiger partial charge on any atom is -0.397 e. The molecular weight excluding hydrogens is 162 g/mol. The first-order chi connectivity index (χ1) is 6.03. The summed E-state index contributed by atoms with van der Waals surface area (Å²) in [4.78, 5) is 4.02. The Labute approximate surface area is 79.4 Å². The third-order valence-electron chi connectivity index (χ3n) is 2.13. The highest BCUT2D eigenvalue weighted by molar-refractivity contribution is 5.52. The number of nitrogens with two attached hydrogens (primary N) is 1. The molecule has 72 valence electrons. The van der Waals surface area contributed by atoms with Gasteiger partial charge in [0.1, 0.15) is 0 Å². The first-order valence-corrected chi connectivity index (χ1v) is 4.52. The molecule has 0 radical (unpaired) electrons. The third kappa shape index (κ3) is 2.93. The second-order valence-electron chi connectivity index (χ2n) is 3.87. The molecule has 0 fully saturated rings. The van der Waals surface area contributed by atoms with Gasteiger partial charge in [0.05, 0.1) is 17.6 Å². The van der Waals surface area contributed by atoms with Crippen molar-refractivity contribution in [3.05, 3.63) is 18.5 Å². The summed E-state index contributed by atoms with van der Waals surface area (Å²) in [5.74, 6) is 0. The maximum atomic E-state index is 5.62. The van der Waals surface area contributed by atoms with Crippen molar-refractivity contribution in [3.8, 4) is 0 Å². The molecule has 3 nitrogen and oxygen atoms in total. The standard InChI is InChI=1S/C10H17N3/c1-4-10(2,3)13-9-5-8(11)6-12-7-9/h5-7,13H,4,11H2,1-3H3. The molecule has 3 N–H and O–H groups in total. The average molecular weight is 179 g/mol. The van der Waals surface area contributed by atoms with Gasteiger partial charge in [-0.2, -0.15) is 0 Å². The lowest BCUT2D eigenvalue weighted by atomic mass is 10.0. The van der Waals surface area contributed by atoms with E-state index >= 15 is 0 Å². The van der Waals surface area contributed by atoms with Gasteiger partial charge < -0.3 is 11.1 Å². The minimum atomic E-state index is 0.0927. The molecule has 0 aliphatic carbocycles. The zero-order valence-corrected chi connectivity index (χ0v) is 8.46. The van der Waals surface area contributed by atoms with E-state index in [4.69, 9.17) is 5.73 Å². The maximum absolute atomic E-state index is 5.62. The second-order valence-corrected chi connectivity index (χ2v) is 3.87. The molecule has 0 atom stereocenters. The normalized spacial score (nSPS) is 11.3. The Hall–Kier alpha value is -1.25. The predicted molar refractivity (Wildman–Crippen MR) is 56.6 cm³/mol. The zero-order chi connectivity index (χ0) is 9.90. The van der Waals surface area contributed by atoms with Crippen molar-refractivity contribution in [3.63, 3.8) is 0 Å². The van der Waals surface area contributed by atoms with Gasteiger partial charge in [0.25, 0.3) is 0 Å². The number of aromatic nitrogens is 1. The lowest BCUT2D eigenvalue weighted by Crippen LogP contribution is -2.29. The Balaban J connectivity index is 2.74. The Morgan fingerprint density at radius 2 is 2.15 bits per heavy atom. The number of nitrogens with zero attached hydrogens (tertiary/aromatic N) is 1. The van der Waals surface area contributed by atoms with Crippen molar-refractivity contribution in [2.75, 3.05) is 11.1 Å². The average Bonchev–Trinajstić information content (AvgIpc) is 2.03. The van der Waals surface area contributed by atoms with E-state index in [-0.39, 0.29) is 5.54 Å². The van der Waals surface area contributed by atoms with Crippen LogP contribution in [0.1, 0.15) is 27.2 Å². The van der Waals surface area contributed by atoms with E-state index in [0.29, 0.717) is 5.69 Å². The number of pyridine rings is 1. The van der Waals surface area contributed by atoms with E-state index in [2.05, 4.69) is 31.1 Å². The van der Waals surface area contributed by atoms with Crippen LogP contribution in [-0.2, 0) is 0 Å². The van der Waals surface area contributed by atoms with Gasteiger partial charge in [0, 0.05) is 11.7 Å². The van der Waals surface area contributed by atoms with E-state index in [1.807, 2.05) is 6.07 Å². The van der Waals surface area contributed by atoms with Crippen molar-refractivity contribution < 1.29 is 0 Å². The van der Waals surface area contributed by atoms with Crippen LogP contribution in [0.3, 0.4) is 0 Å². The summed E-state index contributed by atoms with van der Waals surface area (Å²) in [5.41, 5.74) is 7.38. The van der Waals surface area contributed by atoms with E-state index < -0.39 is 0 Å². The van der Waals surface area contributed by atoms with E-state index in [9.17, 15) is 0 Å². The lowest BCUT2D eigenvalue weighted by Gasteiger charge is -2.25. The van der Waals surface area contributed by atoms with Crippen LogP contribution in [0, 0.1) is 0 Å². The molecular formula is C10H17N3. The number of hydrogen-bond donors (Lipinski definition) is 2. The fraction of sp³-hybridized carbons (Fsp3) is 0.500. The fourth-order valence-corrected chi connectivity index (χ4v) is 1.01. The highest BCUT2D eigenvalue weighted by Crippen LogP contribution is 2.18. The van der Waals surface area contributed by atoms with Gasteiger partial charge in [-0.3, -0.25) is 4.98 Å². The highest BCUT2D eigenvalue weighted by atomic mass is 15.0. The molecule has 3 heteroatoms. The molecule has 13 heavy (non-hydrogen) atoms. The van der Waals surface area contributed by atoms with Crippen LogP contribution in [0.4, 0.5) is 11.4 Å². The summed E-state index contributed by atoms with van der Waals surface area (Å²) in [6, 6.07) is 1.89. The Morgan fingerprint density at radius 1 is 1.46 bits per heavy atom. The van der Waals surface area contributed by atoms with Crippen LogP contribution in [0.25, 0.3) is 0 Å². The van der Waals surface area contributed by atoms with Crippen LogP contribution in [0.15, 0.2) is 18.5 Å². The topological polar surface area (TPSA) is 50.9 Å². The van der Waals surface area contributed by atoms with Gasteiger partial charge >= 0.3 is 0 Å². The fourth-order valence-electron chi connectivity index (χ4n) is 1.01. The molecule has 1 aromatic heterocycles. The summed E-state index contributed by atoms with van der Waals surface area (Å²) in [6.45, 7) is 6.44. The lowest BCUT2D eigenvalue weighted by molar-refractivity contribution is 0.547. The molecule has 0 saturated carbocycles. The number of anilines is 2. The summed E-state index contributed by atoms with van der Waals surface area (Å²) in [7, 11) is 0. The van der Waals surface area contributed by atoms with Crippen molar-refractivity contribution >= 4 is 11.4 Å². The van der Waals surface area contributed by atoms with Gasteiger partial charge in [-0.25, -0.2) is 0 Å². The first-order valence-electron chi connectivity index (χ1n) is 4.52. The SMILES string of the molecule is CCC(C)(C)Nc1cncc(N)c1. The molecule has 0 aromatic carbocycles. The quantitative estimate of drug-likeness (QED) is 0.748. The summed E-state index contributed by atoms with van der Waals surface area (Å²) >= 11 is 0. The molecule has 0 bridgehead atoms. The molecule has 1 heterocycles. The van der Waals surface area contributed by atoms with Crippen LogP contribution >= 0.6 is 0 Å². The van der Waals surface area contributed by atoms with Crippen molar-refractivity contribution in [1.82, 2.24) is 4.98 Å². The van der Waals surface area contributed by atoms with Gasteiger partial charge in [0.2, 0.25) is 0 Å². The number of rotatable bonds is 3. The second kappa shape index (κ2) is 3.64. The van der Waals surface area contributed by atoms with Gasteiger partial charge in [0.15, 0.2) is 0 Å². The van der Waals surface area contributed by atoms with Crippen molar-refractivity contribution in [2.45, 2.75) is 32.7 Å². The van der Waals surface area contributed by atoms with E-state index in [1.165, 1.54) is 0 Å². The zero-order valence-electron chi connectivity index (χ0n) is 8.46. The largest absolute Gasteiger partial charge is 0.397 e. The Kier molecular flexibility index (Phi) is 2.76. The highest BCUT2D eigenvalue weighted by Gasteiger charge is 2.13. The predicted octanol–water partition coefficient (Wildman–Crippen LogP) is 2.26. The molecule has 0 aliphatic heterocycles. The van der Waals surface area contributed by atoms with Crippen LogP contribution < -0.4 is 11.1 Å². The molecule has 1 rings (SSSR count). The molecule has 0 unspecified atom stereocenters.